The normalized spacial score (nSPS) is 10.0. The summed E-state index contributed by atoms with van der Waals surface area (Å²) in [5, 5.41) is 2.85. The predicted octanol–water partition coefficient (Wildman–Crippen LogP) is 2.11. The van der Waals surface area contributed by atoms with Gasteiger partial charge >= 0.3 is 0 Å². The molecule has 0 heterocycles. The smallest absolute Gasteiger partial charge is 0.246 e. The molecule has 0 spiro atoms. The molecule has 0 fully saturated rings. The van der Waals surface area contributed by atoms with Crippen LogP contribution in [-0.4, -0.2) is 12.5 Å². The van der Waals surface area contributed by atoms with Gasteiger partial charge in [-0.05, 0) is 12.8 Å². The first-order valence-electron chi connectivity index (χ1n) is 4.55. The first-order valence-corrected chi connectivity index (χ1v) is 4.55. The van der Waals surface area contributed by atoms with Gasteiger partial charge < -0.3 is 5.32 Å². The van der Waals surface area contributed by atoms with Gasteiger partial charge in [-0.3, -0.25) is 4.79 Å². The van der Waals surface area contributed by atoms with Crippen LogP contribution in [0.25, 0.3) is 0 Å². The molecular weight excluding hydrogens is 150 g/mol. The average Bonchev–Trinajstić information content (AvgIpc) is 2.05. The van der Waals surface area contributed by atoms with E-state index in [0.29, 0.717) is 11.5 Å². The number of hydrogen-bond acceptors (Lipinski definition) is 1. The molecule has 0 aliphatic heterocycles. The van der Waals surface area contributed by atoms with E-state index in [1.165, 1.54) is 0 Å². The Morgan fingerprint density at radius 1 is 1.42 bits per heavy atom. The fraction of sp³-hybridized carbons (Fsp3) is 0.700. The zero-order chi connectivity index (χ0) is 9.56. The molecular formula is C10H19NO. The molecule has 1 amide bonds. The van der Waals surface area contributed by atoms with E-state index in [2.05, 4.69) is 25.7 Å². The van der Waals surface area contributed by atoms with Crippen molar-refractivity contribution >= 4 is 5.91 Å². The molecule has 2 nitrogen and oxygen atoms in total. The quantitative estimate of drug-likeness (QED) is 0.627. The Labute approximate surface area is 75.0 Å². The van der Waals surface area contributed by atoms with Gasteiger partial charge in [-0.2, -0.15) is 0 Å². The minimum absolute atomic E-state index is 0.0260. The maximum atomic E-state index is 11.1. The number of rotatable bonds is 5. The van der Waals surface area contributed by atoms with E-state index in [1.807, 2.05) is 0 Å². The first-order chi connectivity index (χ1) is 5.61. The van der Waals surface area contributed by atoms with Gasteiger partial charge in [0.1, 0.15) is 0 Å². The Kier molecular flexibility index (Phi) is 5.43. The summed E-state index contributed by atoms with van der Waals surface area (Å²) in [5.41, 5.74) is 0.584. The van der Waals surface area contributed by atoms with Crippen LogP contribution >= 0.6 is 0 Å². The van der Waals surface area contributed by atoms with Crippen molar-refractivity contribution in [3.05, 3.63) is 12.2 Å². The summed E-state index contributed by atoms with van der Waals surface area (Å²) >= 11 is 0. The van der Waals surface area contributed by atoms with Crippen LogP contribution in [0.5, 0.6) is 0 Å². The summed E-state index contributed by atoms with van der Waals surface area (Å²) in [7, 11) is 0. The van der Waals surface area contributed by atoms with Crippen LogP contribution < -0.4 is 5.32 Å². The molecule has 0 aromatic heterocycles. The lowest BCUT2D eigenvalue weighted by Crippen LogP contribution is -2.29. The van der Waals surface area contributed by atoms with Crippen LogP contribution in [0.3, 0.4) is 0 Å². The van der Waals surface area contributed by atoms with Crippen LogP contribution in [0.2, 0.25) is 0 Å². The highest BCUT2D eigenvalue weighted by Crippen LogP contribution is 2.05. The van der Waals surface area contributed by atoms with Crippen LogP contribution in [0.1, 0.15) is 33.6 Å². The molecule has 0 aromatic rings. The van der Waals surface area contributed by atoms with E-state index in [1.54, 1.807) is 6.92 Å². The molecule has 0 saturated carbocycles. The van der Waals surface area contributed by atoms with Crippen molar-refractivity contribution in [3.63, 3.8) is 0 Å². The third-order valence-corrected chi connectivity index (χ3v) is 2.09. The summed E-state index contributed by atoms with van der Waals surface area (Å²) in [4.78, 5) is 11.1. The van der Waals surface area contributed by atoms with Gasteiger partial charge in [0.15, 0.2) is 0 Å². The van der Waals surface area contributed by atoms with Crippen molar-refractivity contribution in [1.29, 1.82) is 0 Å². The Bertz CT molecular complexity index is 159. The van der Waals surface area contributed by atoms with Gasteiger partial charge in [-0.15, -0.1) is 0 Å². The largest absolute Gasteiger partial charge is 0.352 e. The molecule has 0 unspecified atom stereocenters. The van der Waals surface area contributed by atoms with E-state index in [-0.39, 0.29) is 5.91 Å². The standard InChI is InChI=1S/C10H19NO/c1-5-9(6-2)7-11-10(12)8(3)4/h9H,3,5-7H2,1-2,4H3,(H,11,12). The molecule has 0 radical (unpaired) electrons. The Morgan fingerprint density at radius 2 is 1.92 bits per heavy atom. The van der Waals surface area contributed by atoms with Gasteiger partial charge in [0.05, 0.1) is 0 Å². The van der Waals surface area contributed by atoms with Gasteiger partial charge in [0, 0.05) is 12.1 Å². The third kappa shape index (κ3) is 4.16. The monoisotopic (exact) mass is 169 g/mol. The van der Waals surface area contributed by atoms with Crippen molar-refractivity contribution < 1.29 is 4.79 Å². The molecule has 0 bridgehead atoms. The topological polar surface area (TPSA) is 29.1 Å². The number of hydrogen-bond donors (Lipinski definition) is 1. The van der Waals surface area contributed by atoms with Crippen molar-refractivity contribution in [1.82, 2.24) is 5.32 Å². The van der Waals surface area contributed by atoms with Gasteiger partial charge in [0.2, 0.25) is 5.91 Å². The second kappa shape index (κ2) is 5.81. The van der Waals surface area contributed by atoms with E-state index in [0.717, 1.165) is 19.4 Å². The Hall–Kier alpha value is -0.790. The minimum Gasteiger partial charge on any atom is -0.352 e. The maximum absolute atomic E-state index is 11.1. The lowest BCUT2D eigenvalue weighted by molar-refractivity contribution is -0.117. The van der Waals surface area contributed by atoms with E-state index in [9.17, 15) is 4.79 Å². The van der Waals surface area contributed by atoms with Crippen LogP contribution in [0.15, 0.2) is 12.2 Å². The predicted molar refractivity (Wildman–Crippen MR) is 51.9 cm³/mol. The second-order valence-electron chi connectivity index (χ2n) is 3.17. The molecule has 0 saturated heterocycles. The van der Waals surface area contributed by atoms with Crippen molar-refractivity contribution in [2.45, 2.75) is 33.6 Å². The fourth-order valence-electron chi connectivity index (χ4n) is 0.965. The highest BCUT2D eigenvalue weighted by molar-refractivity contribution is 5.92. The van der Waals surface area contributed by atoms with E-state index in [4.69, 9.17) is 0 Å². The fourth-order valence-corrected chi connectivity index (χ4v) is 0.965. The van der Waals surface area contributed by atoms with Crippen LogP contribution in [0.4, 0.5) is 0 Å². The number of carbonyl (C=O) groups is 1. The molecule has 2 heteroatoms. The highest BCUT2D eigenvalue weighted by atomic mass is 16.1. The number of nitrogens with one attached hydrogen (secondary N) is 1. The van der Waals surface area contributed by atoms with Crippen LogP contribution in [-0.2, 0) is 4.79 Å². The highest BCUT2D eigenvalue weighted by Gasteiger charge is 2.05. The summed E-state index contributed by atoms with van der Waals surface area (Å²) in [6.45, 7) is 10.4. The lowest BCUT2D eigenvalue weighted by atomic mass is 10.0. The summed E-state index contributed by atoms with van der Waals surface area (Å²) in [6, 6.07) is 0. The average molecular weight is 169 g/mol. The molecule has 70 valence electrons. The van der Waals surface area contributed by atoms with Gasteiger partial charge in [-0.25, -0.2) is 0 Å². The molecule has 0 aliphatic rings. The lowest BCUT2D eigenvalue weighted by Gasteiger charge is -2.12. The summed E-state index contributed by atoms with van der Waals surface area (Å²) in [5.74, 6) is 0.579. The van der Waals surface area contributed by atoms with Crippen molar-refractivity contribution in [2.24, 2.45) is 5.92 Å². The van der Waals surface area contributed by atoms with Crippen LogP contribution in [0, 0.1) is 5.92 Å². The zero-order valence-corrected chi connectivity index (χ0v) is 8.31. The van der Waals surface area contributed by atoms with Gasteiger partial charge in [-0.1, -0.05) is 33.3 Å². The Balaban J connectivity index is 3.66. The molecule has 0 aromatic carbocycles. The van der Waals surface area contributed by atoms with Gasteiger partial charge in [0.25, 0.3) is 0 Å². The van der Waals surface area contributed by atoms with E-state index < -0.39 is 0 Å². The molecule has 12 heavy (non-hydrogen) atoms. The van der Waals surface area contributed by atoms with E-state index >= 15 is 0 Å². The Morgan fingerprint density at radius 3 is 2.25 bits per heavy atom. The number of amides is 1. The summed E-state index contributed by atoms with van der Waals surface area (Å²) in [6.07, 6.45) is 2.24. The molecule has 0 aliphatic carbocycles. The molecule has 0 atom stereocenters. The molecule has 0 rings (SSSR count). The minimum atomic E-state index is -0.0260. The SMILES string of the molecule is C=C(C)C(=O)NCC(CC)CC. The van der Waals surface area contributed by atoms with Crippen molar-refractivity contribution in [3.8, 4) is 0 Å². The molecule has 1 N–H and O–H groups in total. The third-order valence-electron chi connectivity index (χ3n) is 2.09. The number of carbonyl (C=O) groups excluding carboxylic acids is 1. The maximum Gasteiger partial charge on any atom is 0.246 e. The first kappa shape index (κ1) is 11.2. The van der Waals surface area contributed by atoms with Crippen molar-refractivity contribution in [2.75, 3.05) is 6.54 Å². The zero-order valence-electron chi connectivity index (χ0n) is 8.31. The summed E-state index contributed by atoms with van der Waals surface area (Å²) < 4.78 is 0. The second-order valence-corrected chi connectivity index (χ2v) is 3.17.